The molecule has 0 unspecified atom stereocenters. The van der Waals surface area contributed by atoms with E-state index < -0.39 is 0 Å². The number of benzene rings is 2. The molecule has 2 saturated carbocycles. The van der Waals surface area contributed by atoms with Crippen molar-refractivity contribution in [2.24, 2.45) is 0 Å². The SMILES string of the molecule is CCC(c1c(C)cc(C)c(C2CCCC2)c1S)c1c(C)cc(C)c(C2CCCC2)c1S. The maximum absolute atomic E-state index is 5.25. The van der Waals surface area contributed by atoms with Gasteiger partial charge < -0.3 is 0 Å². The summed E-state index contributed by atoms with van der Waals surface area (Å²) in [6, 6.07) is 4.87. The highest BCUT2D eigenvalue weighted by Crippen LogP contribution is 2.48. The molecule has 0 amide bonds. The molecule has 0 aromatic heterocycles. The molecule has 0 N–H and O–H groups in total. The standard InChI is InChI=1S/C29H40S2/c1-6-23(26-19(4)15-17(2)24(28(26)30)21-11-7-8-12-21)27-20(5)16-18(3)25(29(27)31)22-13-9-10-14-22/h15-16,21-23,30-31H,6-14H2,1-5H3. The topological polar surface area (TPSA) is 0 Å². The molecule has 2 aromatic rings. The van der Waals surface area contributed by atoms with Crippen LogP contribution in [-0.2, 0) is 0 Å². The van der Waals surface area contributed by atoms with Crippen LogP contribution in [0.5, 0.6) is 0 Å². The van der Waals surface area contributed by atoms with Gasteiger partial charge in [-0.2, -0.15) is 0 Å². The molecule has 2 aromatic carbocycles. The van der Waals surface area contributed by atoms with Crippen molar-refractivity contribution in [3.05, 3.63) is 56.6 Å². The van der Waals surface area contributed by atoms with Gasteiger partial charge in [0, 0.05) is 15.7 Å². The molecule has 2 fully saturated rings. The Morgan fingerprint density at radius 3 is 1.35 bits per heavy atom. The van der Waals surface area contributed by atoms with Gasteiger partial charge in [0.05, 0.1) is 0 Å². The first-order valence-corrected chi connectivity index (χ1v) is 13.4. The summed E-state index contributed by atoms with van der Waals surface area (Å²) in [6.07, 6.45) is 11.8. The van der Waals surface area contributed by atoms with Crippen LogP contribution in [0, 0.1) is 27.7 Å². The Hall–Kier alpha value is -0.860. The normalized spacial score (nSPS) is 17.9. The highest BCUT2D eigenvalue weighted by atomic mass is 32.1. The number of hydrogen-bond donors (Lipinski definition) is 2. The van der Waals surface area contributed by atoms with E-state index >= 15 is 0 Å². The van der Waals surface area contributed by atoms with E-state index in [0.717, 1.165) is 6.42 Å². The summed E-state index contributed by atoms with van der Waals surface area (Å²) < 4.78 is 0. The molecule has 0 nitrogen and oxygen atoms in total. The Bertz CT molecular complexity index is 882. The van der Waals surface area contributed by atoms with E-state index in [1.54, 1.807) is 0 Å². The van der Waals surface area contributed by atoms with Crippen molar-refractivity contribution in [3.8, 4) is 0 Å². The first kappa shape index (κ1) is 23.3. The predicted molar refractivity (Wildman–Crippen MR) is 141 cm³/mol. The van der Waals surface area contributed by atoms with E-state index in [1.807, 2.05) is 0 Å². The Morgan fingerprint density at radius 2 is 1.03 bits per heavy atom. The van der Waals surface area contributed by atoms with E-state index in [9.17, 15) is 0 Å². The van der Waals surface area contributed by atoms with E-state index in [2.05, 4.69) is 46.8 Å². The van der Waals surface area contributed by atoms with Crippen molar-refractivity contribution >= 4 is 25.3 Å². The lowest BCUT2D eigenvalue weighted by molar-refractivity contribution is 0.667. The number of aryl methyl sites for hydroxylation is 4. The van der Waals surface area contributed by atoms with Crippen LogP contribution in [0.1, 0.15) is 127 Å². The molecule has 0 aliphatic heterocycles. The second-order valence-electron chi connectivity index (χ2n) is 10.3. The maximum Gasteiger partial charge on any atom is 0.0118 e. The van der Waals surface area contributed by atoms with Crippen molar-refractivity contribution in [2.75, 3.05) is 0 Å². The fourth-order valence-electron chi connectivity index (χ4n) is 6.89. The summed E-state index contributed by atoms with van der Waals surface area (Å²) in [7, 11) is 0. The van der Waals surface area contributed by atoms with E-state index in [1.165, 1.54) is 106 Å². The van der Waals surface area contributed by atoms with Gasteiger partial charge in [0.2, 0.25) is 0 Å². The molecule has 0 heterocycles. The second-order valence-corrected chi connectivity index (χ2v) is 11.2. The first-order chi connectivity index (χ1) is 14.8. The summed E-state index contributed by atoms with van der Waals surface area (Å²) in [4.78, 5) is 2.54. The lowest BCUT2D eigenvalue weighted by atomic mass is 9.78. The molecule has 0 atom stereocenters. The van der Waals surface area contributed by atoms with E-state index in [-0.39, 0.29) is 0 Å². The van der Waals surface area contributed by atoms with Gasteiger partial charge in [-0.15, -0.1) is 25.3 Å². The molecular weight excluding hydrogens is 412 g/mol. The molecule has 2 heteroatoms. The lowest BCUT2D eigenvalue weighted by Gasteiger charge is -2.30. The van der Waals surface area contributed by atoms with E-state index in [4.69, 9.17) is 25.3 Å². The molecule has 2 aliphatic rings. The molecule has 2 aliphatic carbocycles. The summed E-state index contributed by atoms with van der Waals surface area (Å²) >= 11 is 10.5. The Kier molecular flexibility index (Phi) is 7.18. The largest absolute Gasteiger partial charge is 0.143 e. The van der Waals surface area contributed by atoms with Crippen LogP contribution < -0.4 is 0 Å². The van der Waals surface area contributed by atoms with Crippen molar-refractivity contribution in [3.63, 3.8) is 0 Å². The molecule has 4 rings (SSSR count). The third-order valence-electron chi connectivity index (χ3n) is 8.22. The predicted octanol–water partition coefficient (Wildman–Crippen LogP) is 9.35. The fourth-order valence-corrected chi connectivity index (χ4v) is 8.27. The average molecular weight is 453 g/mol. The first-order valence-electron chi connectivity index (χ1n) is 12.5. The van der Waals surface area contributed by atoms with E-state index in [0.29, 0.717) is 17.8 Å². The Balaban J connectivity index is 1.88. The third-order valence-corrected chi connectivity index (χ3v) is 9.18. The maximum atomic E-state index is 5.25. The monoisotopic (exact) mass is 452 g/mol. The van der Waals surface area contributed by atoms with Crippen LogP contribution in [0.4, 0.5) is 0 Å². The Labute approximate surface area is 201 Å². The van der Waals surface area contributed by atoms with Crippen molar-refractivity contribution in [1.29, 1.82) is 0 Å². The van der Waals surface area contributed by atoms with Gasteiger partial charge in [-0.25, -0.2) is 0 Å². The molecule has 0 saturated heterocycles. The van der Waals surface area contributed by atoms with Gasteiger partial charge in [0.15, 0.2) is 0 Å². The van der Waals surface area contributed by atoms with Crippen LogP contribution in [0.2, 0.25) is 0 Å². The second kappa shape index (κ2) is 9.56. The quantitative estimate of drug-likeness (QED) is 0.415. The van der Waals surface area contributed by atoms with Gasteiger partial charge in [-0.05, 0) is 116 Å². The van der Waals surface area contributed by atoms with Crippen molar-refractivity contribution in [2.45, 2.75) is 120 Å². The highest BCUT2D eigenvalue weighted by Gasteiger charge is 2.30. The Morgan fingerprint density at radius 1 is 0.677 bits per heavy atom. The average Bonchev–Trinajstić information content (AvgIpc) is 3.40. The minimum atomic E-state index is 0.363. The summed E-state index contributed by atoms with van der Waals surface area (Å²) in [5.41, 5.74) is 11.6. The van der Waals surface area contributed by atoms with Gasteiger partial charge >= 0.3 is 0 Å². The van der Waals surface area contributed by atoms with Crippen molar-refractivity contribution in [1.82, 2.24) is 0 Å². The number of rotatable bonds is 5. The van der Waals surface area contributed by atoms with Gasteiger partial charge in [0.25, 0.3) is 0 Å². The smallest absolute Gasteiger partial charge is 0.0118 e. The summed E-state index contributed by atoms with van der Waals surface area (Å²) in [5.74, 6) is 1.74. The molecular formula is C29H40S2. The van der Waals surface area contributed by atoms with Crippen molar-refractivity contribution < 1.29 is 0 Å². The van der Waals surface area contributed by atoms with Gasteiger partial charge in [0.1, 0.15) is 0 Å². The van der Waals surface area contributed by atoms with Crippen LogP contribution in [0.25, 0.3) is 0 Å². The zero-order valence-corrected chi connectivity index (χ0v) is 21.9. The zero-order chi connectivity index (χ0) is 22.3. The molecule has 31 heavy (non-hydrogen) atoms. The summed E-state index contributed by atoms with van der Waals surface area (Å²) in [6.45, 7) is 11.5. The minimum Gasteiger partial charge on any atom is -0.143 e. The molecule has 0 radical (unpaired) electrons. The molecule has 0 spiro atoms. The van der Waals surface area contributed by atoms with Crippen LogP contribution in [-0.4, -0.2) is 0 Å². The fraction of sp³-hybridized carbons (Fsp3) is 0.586. The van der Waals surface area contributed by atoms with Crippen LogP contribution in [0.15, 0.2) is 21.9 Å². The third kappa shape index (κ3) is 4.24. The minimum absolute atomic E-state index is 0.363. The molecule has 0 bridgehead atoms. The molecule has 168 valence electrons. The number of thiol groups is 2. The number of hydrogen-bond acceptors (Lipinski definition) is 2. The summed E-state index contributed by atoms with van der Waals surface area (Å²) in [5, 5.41) is 0. The van der Waals surface area contributed by atoms with Gasteiger partial charge in [-0.1, -0.05) is 44.7 Å². The zero-order valence-electron chi connectivity index (χ0n) is 20.1. The lowest BCUT2D eigenvalue weighted by Crippen LogP contribution is -2.12. The van der Waals surface area contributed by atoms with Crippen LogP contribution >= 0.6 is 25.3 Å². The highest BCUT2D eigenvalue weighted by molar-refractivity contribution is 7.80. The van der Waals surface area contributed by atoms with Gasteiger partial charge in [-0.3, -0.25) is 0 Å². The van der Waals surface area contributed by atoms with Crippen LogP contribution in [0.3, 0.4) is 0 Å².